The maximum Gasteiger partial charge on any atom is 0.0776 e. The van der Waals surface area contributed by atoms with E-state index in [1.165, 1.54) is 38.5 Å². The van der Waals surface area contributed by atoms with Gasteiger partial charge in [0.15, 0.2) is 0 Å². The lowest BCUT2D eigenvalue weighted by Gasteiger charge is -2.21. The SMILES string of the molecule is CCCCC(CC)CC(O)COCC(O)CC(CC)CCCC. The molecule has 0 fully saturated rings. The fourth-order valence-corrected chi connectivity index (χ4v) is 3.21. The van der Waals surface area contributed by atoms with E-state index < -0.39 is 12.2 Å². The van der Waals surface area contributed by atoms with Gasteiger partial charge in [0.05, 0.1) is 25.4 Å². The Kier molecular flexibility index (Phi) is 15.3. The third-order valence-corrected chi connectivity index (χ3v) is 4.92. The lowest BCUT2D eigenvalue weighted by atomic mass is 9.93. The fourth-order valence-electron chi connectivity index (χ4n) is 3.21. The van der Waals surface area contributed by atoms with E-state index in [9.17, 15) is 10.2 Å². The van der Waals surface area contributed by atoms with Crippen LogP contribution in [0.15, 0.2) is 0 Å². The Morgan fingerprint density at radius 2 is 1.09 bits per heavy atom. The molecule has 0 aromatic heterocycles. The first-order valence-electron chi connectivity index (χ1n) is 10.0. The van der Waals surface area contributed by atoms with Gasteiger partial charge in [0.2, 0.25) is 0 Å². The average Bonchev–Trinajstić information content (AvgIpc) is 2.55. The van der Waals surface area contributed by atoms with Crippen molar-refractivity contribution in [2.45, 2.75) is 104 Å². The van der Waals surface area contributed by atoms with E-state index in [0.29, 0.717) is 25.0 Å². The number of aliphatic hydroxyl groups is 2. The highest BCUT2D eigenvalue weighted by Gasteiger charge is 2.16. The number of hydrogen-bond donors (Lipinski definition) is 2. The normalized spacial score (nSPS) is 17.0. The molecule has 2 N–H and O–H groups in total. The maximum absolute atomic E-state index is 10.1. The van der Waals surface area contributed by atoms with E-state index in [1.54, 1.807) is 0 Å². The van der Waals surface area contributed by atoms with Crippen LogP contribution in [0.25, 0.3) is 0 Å². The standard InChI is InChI=1S/C20H42O3/c1-5-9-11-17(7-3)13-19(21)15-23-16-20(22)14-18(8-4)12-10-6-2/h17-22H,5-16H2,1-4H3. The molecule has 0 rings (SSSR count). The van der Waals surface area contributed by atoms with Crippen LogP contribution in [0.1, 0.15) is 91.9 Å². The summed E-state index contributed by atoms with van der Waals surface area (Å²) >= 11 is 0. The molecular weight excluding hydrogens is 288 g/mol. The Morgan fingerprint density at radius 1 is 0.696 bits per heavy atom. The van der Waals surface area contributed by atoms with Crippen LogP contribution in [0.2, 0.25) is 0 Å². The topological polar surface area (TPSA) is 49.7 Å². The molecule has 0 heterocycles. The summed E-state index contributed by atoms with van der Waals surface area (Å²) in [4.78, 5) is 0. The summed E-state index contributed by atoms with van der Waals surface area (Å²) in [5.41, 5.74) is 0. The molecule has 0 aromatic rings. The number of unbranched alkanes of at least 4 members (excludes halogenated alkanes) is 2. The summed E-state index contributed by atoms with van der Waals surface area (Å²) in [6.07, 6.45) is 10.4. The highest BCUT2D eigenvalue weighted by molar-refractivity contribution is 4.66. The summed E-state index contributed by atoms with van der Waals surface area (Å²) in [5, 5.41) is 20.2. The molecule has 0 aromatic carbocycles. The zero-order valence-corrected chi connectivity index (χ0v) is 16.1. The van der Waals surface area contributed by atoms with Gasteiger partial charge < -0.3 is 14.9 Å². The van der Waals surface area contributed by atoms with Crippen molar-refractivity contribution in [2.75, 3.05) is 13.2 Å². The molecule has 4 unspecified atom stereocenters. The van der Waals surface area contributed by atoms with Gasteiger partial charge in [-0.25, -0.2) is 0 Å². The second kappa shape index (κ2) is 15.4. The molecule has 0 saturated heterocycles. The maximum atomic E-state index is 10.1. The minimum atomic E-state index is -0.397. The summed E-state index contributed by atoms with van der Waals surface area (Å²) in [6.45, 7) is 9.50. The van der Waals surface area contributed by atoms with Crippen molar-refractivity contribution in [2.24, 2.45) is 11.8 Å². The largest absolute Gasteiger partial charge is 0.391 e. The quantitative estimate of drug-likeness (QED) is 0.421. The van der Waals surface area contributed by atoms with Crippen LogP contribution in [0.4, 0.5) is 0 Å². The second-order valence-electron chi connectivity index (χ2n) is 7.15. The van der Waals surface area contributed by atoms with Crippen LogP contribution in [0, 0.1) is 11.8 Å². The summed E-state index contributed by atoms with van der Waals surface area (Å²) in [7, 11) is 0. The molecule has 23 heavy (non-hydrogen) atoms. The van der Waals surface area contributed by atoms with E-state index in [0.717, 1.165) is 25.7 Å². The van der Waals surface area contributed by atoms with Crippen molar-refractivity contribution in [3.05, 3.63) is 0 Å². The molecule has 140 valence electrons. The first-order valence-corrected chi connectivity index (χ1v) is 10.0. The number of rotatable bonds is 16. The van der Waals surface area contributed by atoms with E-state index in [-0.39, 0.29) is 0 Å². The Labute approximate surface area is 144 Å². The highest BCUT2D eigenvalue weighted by Crippen LogP contribution is 2.20. The predicted molar refractivity (Wildman–Crippen MR) is 98.7 cm³/mol. The Morgan fingerprint density at radius 3 is 1.39 bits per heavy atom. The Balaban J connectivity index is 3.85. The van der Waals surface area contributed by atoms with Gasteiger partial charge in [0.1, 0.15) is 0 Å². The highest BCUT2D eigenvalue weighted by atomic mass is 16.5. The number of ether oxygens (including phenoxy) is 1. The van der Waals surface area contributed by atoms with Crippen LogP contribution >= 0.6 is 0 Å². The van der Waals surface area contributed by atoms with Crippen molar-refractivity contribution in [3.8, 4) is 0 Å². The van der Waals surface area contributed by atoms with Crippen molar-refractivity contribution >= 4 is 0 Å². The molecule has 0 radical (unpaired) electrons. The third kappa shape index (κ3) is 12.9. The average molecular weight is 331 g/mol. The number of hydrogen-bond acceptors (Lipinski definition) is 3. The Hall–Kier alpha value is -0.120. The molecule has 0 amide bonds. The van der Waals surface area contributed by atoms with Crippen LogP contribution < -0.4 is 0 Å². The molecular formula is C20H42O3. The summed E-state index contributed by atoms with van der Waals surface area (Å²) < 4.78 is 5.56. The van der Waals surface area contributed by atoms with Gasteiger partial charge in [-0.15, -0.1) is 0 Å². The van der Waals surface area contributed by atoms with Gasteiger partial charge in [-0.1, -0.05) is 79.1 Å². The van der Waals surface area contributed by atoms with Gasteiger partial charge in [-0.05, 0) is 24.7 Å². The van der Waals surface area contributed by atoms with Crippen LogP contribution in [-0.2, 0) is 4.74 Å². The molecule has 0 bridgehead atoms. The minimum absolute atomic E-state index is 0.353. The zero-order chi connectivity index (χ0) is 17.5. The second-order valence-corrected chi connectivity index (χ2v) is 7.15. The Bertz CT molecular complexity index is 221. The minimum Gasteiger partial charge on any atom is -0.391 e. The van der Waals surface area contributed by atoms with E-state index in [4.69, 9.17) is 4.74 Å². The lowest BCUT2D eigenvalue weighted by molar-refractivity contribution is -0.0212. The lowest BCUT2D eigenvalue weighted by Crippen LogP contribution is -2.25. The van der Waals surface area contributed by atoms with Gasteiger partial charge in [-0.2, -0.15) is 0 Å². The first-order chi connectivity index (χ1) is 11.1. The van der Waals surface area contributed by atoms with Gasteiger partial charge in [0, 0.05) is 0 Å². The molecule has 0 aliphatic rings. The van der Waals surface area contributed by atoms with Crippen molar-refractivity contribution in [1.29, 1.82) is 0 Å². The molecule has 0 aliphatic carbocycles. The van der Waals surface area contributed by atoms with Gasteiger partial charge in [0.25, 0.3) is 0 Å². The van der Waals surface area contributed by atoms with Crippen molar-refractivity contribution in [1.82, 2.24) is 0 Å². The van der Waals surface area contributed by atoms with Crippen LogP contribution in [0.3, 0.4) is 0 Å². The predicted octanol–water partition coefficient (Wildman–Crippen LogP) is 4.94. The molecule has 3 nitrogen and oxygen atoms in total. The van der Waals surface area contributed by atoms with Crippen molar-refractivity contribution < 1.29 is 14.9 Å². The number of aliphatic hydroxyl groups excluding tert-OH is 2. The van der Waals surface area contributed by atoms with Crippen LogP contribution in [0.5, 0.6) is 0 Å². The van der Waals surface area contributed by atoms with E-state index >= 15 is 0 Å². The third-order valence-electron chi connectivity index (χ3n) is 4.92. The van der Waals surface area contributed by atoms with E-state index in [2.05, 4.69) is 27.7 Å². The van der Waals surface area contributed by atoms with Gasteiger partial charge >= 0.3 is 0 Å². The molecule has 0 saturated carbocycles. The van der Waals surface area contributed by atoms with E-state index in [1.807, 2.05) is 0 Å². The summed E-state index contributed by atoms with van der Waals surface area (Å²) in [6, 6.07) is 0. The van der Waals surface area contributed by atoms with Crippen LogP contribution in [-0.4, -0.2) is 35.6 Å². The molecule has 3 heteroatoms. The monoisotopic (exact) mass is 330 g/mol. The zero-order valence-electron chi connectivity index (χ0n) is 16.1. The fraction of sp³-hybridized carbons (Fsp3) is 1.00. The summed E-state index contributed by atoms with van der Waals surface area (Å²) in [5.74, 6) is 1.19. The smallest absolute Gasteiger partial charge is 0.0776 e. The molecule has 0 spiro atoms. The first kappa shape index (κ1) is 22.9. The molecule has 4 atom stereocenters. The van der Waals surface area contributed by atoms with Crippen molar-refractivity contribution in [3.63, 3.8) is 0 Å². The van der Waals surface area contributed by atoms with Gasteiger partial charge in [-0.3, -0.25) is 0 Å². The molecule has 0 aliphatic heterocycles.